The van der Waals surface area contributed by atoms with Crippen LogP contribution in [0.4, 0.5) is 4.79 Å². The van der Waals surface area contributed by atoms with E-state index in [1.165, 1.54) is 0 Å². The summed E-state index contributed by atoms with van der Waals surface area (Å²) in [7, 11) is 0. The summed E-state index contributed by atoms with van der Waals surface area (Å²) in [6, 6.07) is 17.7. The lowest BCUT2D eigenvalue weighted by atomic mass is 10.2. The van der Waals surface area contributed by atoms with Crippen molar-refractivity contribution in [2.75, 3.05) is 6.54 Å². The van der Waals surface area contributed by atoms with Gasteiger partial charge in [0, 0.05) is 11.6 Å². The Morgan fingerprint density at radius 1 is 1.14 bits per heavy atom. The number of aromatic nitrogens is 2. The highest BCUT2D eigenvalue weighted by Crippen LogP contribution is 2.11. The molecule has 28 heavy (non-hydrogen) atoms. The summed E-state index contributed by atoms with van der Waals surface area (Å²) >= 11 is 0. The quantitative estimate of drug-likeness (QED) is 0.612. The first-order valence-corrected chi connectivity index (χ1v) is 8.70. The Kier molecular flexibility index (Phi) is 6.21. The van der Waals surface area contributed by atoms with Crippen LogP contribution in [-0.4, -0.2) is 34.4 Å². The lowest BCUT2D eigenvalue weighted by Gasteiger charge is -2.17. The number of nitrogens with zero attached hydrogens (tertiary/aromatic N) is 3. The molecule has 2 N–H and O–H groups in total. The summed E-state index contributed by atoms with van der Waals surface area (Å²) in [6.07, 6.45) is 1.06. The van der Waals surface area contributed by atoms with E-state index in [0.29, 0.717) is 0 Å². The van der Waals surface area contributed by atoms with Crippen LogP contribution >= 0.6 is 0 Å². The summed E-state index contributed by atoms with van der Waals surface area (Å²) in [5, 5.41) is 19.0. The normalized spacial score (nSPS) is 11.4. The van der Waals surface area contributed by atoms with Gasteiger partial charge in [-0.1, -0.05) is 48.5 Å². The van der Waals surface area contributed by atoms with Gasteiger partial charge in [-0.15, -0.1) is 0 Å². The Bertz CT molecular complexity index is 961. The zero-order valence-corrected chi connectivity index (χ0v) is 15.0. The van der Waals surface area contributed by atoms with Gasteiger partial charge in [0.05, 0.1) is 18.1 Å². The SMILES string of the molecule is N#CCNC(=O)[C@H](Cn1cc2ccccc2n1)NC(=O)OCc1ccccc1. The van der Waals surface area contributed by atoms with Gasteiger partial charge in [0.15, 0.2) is 0 Å². The molecule has 0 unspecified atom stereocenters. The number of benzene rings is 2. The number of rotatable bonds is 7. The molecule has 0 aliphatic heterocycles. The fourth-order valence-electron chi connectivity index (χ4n) is 2.65. The number of fused-ring (bicyclic) bond motifs is 1. The topological polar surface area (TPSA) is 109 Å². The lowest BCUT2D eigenvalue weighted by molar-refractivity contribution is -0.123. The molecule has 2 aromatic carbocycles. The van der Waals surface area contributed by atoms with Gasteiger partial charge in [-0.2, -0.15) is 10.4 Å². The summed E-state index contributed by atoms with van der Waals surface area (Å²) < 4.78 is 6.77. The molecule has 0 fully saturated rings. The van der Waals surface area contributed by atoms with Crippen LogP contribution in [-0.2, 0) is 22.7 Å². The van der Waals surface area contributed by atoms with Gasteiger partial charge in [0.25, 0.3) is 0 Å². The largest absolute Gasteiger partial charge is 0.445 e. The van der Waals surface area contributed by atoms with Crippen molar-refractivity contribution in [3.63, 3.8) is 0 Å². The Morgan fingerprint density at radius 3 is 2.64 bits per heavy atom. The van der Waals surface area contributed by atoms with Crippen LogP contribution < -0.4 is 10.6 Å². The molecule has 1 aromatic heterocycles. The first-order valence-electron chi connectivity index (χ1n) is 8.70. The van der Waals surface area contributed by atoms with Crippen molar-refractivity contribution >= 4 is 22.9 Å². The maximum Gasteiger partial charge on any atom is 0.408 e. The van der Waals surface area contributed by atoms with E-state index < -0.39 is 18.0 Å². The van der Waals surface area contributed by atoms with Crippen LogP contribution in [0.5, 0.6) is 0 Å². The second kappa shape index (κ2) is 9.19. The predicted molar refractivity (Wildman–Crippen MR) is 102 cm³/mol. The monoisotopic (exact) mass is 377 g/mol. The van der Waals surface area contributed by atoms with E-state index >= 15 is 0 Å². The Labute approximate surface area is 161 Å². The Hall–Kier alpha value is -3.86. The Morgan fingerprint density at radius 2 is 1.89 bits per heavy atom. The highest BCUT2D eigenvalue weighted by atomic mass is 16.5. The van der Waals surface area contributed by atoms with Crippen molar-refractivity contribution in [2.45, 2.75) is 19.2 Å². The standard InChI is InChI=1S/C20H19N5O3/c21-10-11-22-19(26)18(13-25-12-16-8-4-5-9-17(16)24-25)23-20(27)28-14-15-6-2-1-3-7-15/h1-9,12,18H,11,13-14H2,(H,22,26)(H,23,27)/t18-/m0/s1. The number of hydrogen-bond donors (Lipinski definition) is 2. The molecule has 0 spiro atoms. The van der Waals surface area contributed by atoms with Crippen molar-refractivity contribution in [1.29, 1.82) is 5.26 Å². The first-order chi connectivity index (χ1) is 13.7. The van der Waals surface area contributed by atoms with Crippen molar-refractivity contribution < 1.29 is 14.3 Å². The van der Waals surface area contributed by atoms with E-state index in [1.54, 1.807) is 10.9 Å². The smallest absolute Gasteiger partial charge is 0.408 e. The first kappa shape index (κ1) is 18.9. The molecule has 0 bridgehead atoms. The maximum atomic E-state index is 12.4. The summed E-state index contributed by atoms with van der Waals surface area (Å²) in [6.45, 7) is 0.0361. The number of alkyl carbamates (subject to hydrolysis) is 1. The highest BCUT2D eigenvalue weighted by Gasteiger charge is 2.22. The molecule has 0 aliphatic rings. The molecule has 0 saturated heterocycles. The highest BCUT2D eigenvalue weighted by molar-refractivity contribution is 5.85. The number of nitrogens with one attached hydrogen (secondary N) is 2. The molecule has 3 rings (SSSR count). The van der Waals surface area contributed by atoms with Crippen LogP contribution in [0.25, 0.3) is 10.9 Å². The van der Waals surface area contributed by atoms with Gasteiger partial charge in [-0.05, 0) is 11.6 Å². The molecular formula is C20H19N5O3. The van der Waals surface area contributed by atoms with Crippen molar-refractivity contribution in [2.24, 2.45) is 0 Å². The number of carbonyl (C=O) groups is 2. The second-order valence-electron chi connectivity index (χ2n) is 6.04. The van der Waals surface area contributed by atoms with Gasteiger partial charge in [-0.3, -0.25) is 9.48 Å². The fraction of sp³-hybridized carbons (Fsp3) is 0.200. The zero-order valence-electron chi connectivity index (χ0n) is 15.0. The molecule has 0 radical (unpaired) electrons. The molecule has 8 heteroatoms. The molecule has 3 aromatic rings. The van der Waals surface area contributed by atoms with Gasteiger partial charge < -0.3 is 15.4 Å². The molecular weight excluding hydrogens is 358 g/mol. The Balaban J connectivity index is 1.66. The molecule has 0 aliphatic carbocycles. The minimum atomic E-state index is -0.939. The summed E-state index contributed by atoms with van der Waals surface area (Å²) in [5.74, 6) is -0.488. The average Bonchev–Trinajstić information content (AvgIpc) is 3.13. The third-order valence-corrected chi connectivity index (χ3v) is 3.99. The second-order valence-corrected chi connectivity index (χ2v) is 6.04. The van der Waals surface area contributed by atoms with Crippen LogP contribution in [0.15, 0.2) is 60.8 Å². The minimum Gasteiger partial charge on any atom is -0.445 e. The summed E-state index contributed by atoms with van der Waals surface area (Å²) in [5.41, 5.74) is 1.62. The summed E-state index contributed by atoms with van der Waals surface area (Å²) in [4.78, 5) is 24.5. The number of ether oxygens (including phenoxy) is 1. The lowest BCUT2D eigenvalue weighted by Crippen LogP contribution is -2.49. The van der Waals surface area contributed by atoms with Crippen LogP contribution in [0.3, 0.4) is 0 Å². The molecule has 2 amide bonds. The van der Waals surface area contributed by atoms with E-state index in [2.05, 4.69) is 15.7 Å². The molecule has 0 saturated carbocycles. The maximum absolute atomic E-state index is 12.4. The minimum absolute atomic E-state index is 0.0882. The predicted octanol–water partition coefficient (Wildman–Crippen LogP) is 1.97. The van der Waals surface area contributed by atoms with E-state index in [4.69, 9.17) is 10.00 Å². The molecule has 1 atom stereocenters. The third kappa shape index (κ3) is 5.08. The van der Waals surface area contributed by atoms with E-state index in [-0.39, 0.29) is 19.7 Å². The van der Waals surface area contributed by atoms with Gasteiger partial charge >= 0.3 is 6.09 Å². The van der Waals surface area contributed by atoms with Crippen molar-refractivity contribution in [1.82, 2.24) is 20.4 Å². The zero-order chi connectivity index (χ0) is 19.8. The number of amides is 2. The van der Waals surface area contributed by atoms with E-state index in [1.807, 2.05) is 60.7 Å². The van der Waals surface area contributed by atoms with Crippen LogP contribution in [0.1, 0.15) is 5.56 Å². The third-order valence-electron chi connectivity index (χ3n) is 3.99. The van der Waals surface area contributed by atoms with Crippen LogP contribution in [0, 0.1) is 11.3 Å². The van der Waals surface area contributed by atoms with Gasteiger partial charge in [-0.25, -0.2) is 4.79 Å². The van der Waals surface area contributed by atoms with Gasteiger partial charge in [0.1, 0.15) is 19.2 Å². The van der Waals surface area contributed by atoms with Gasteiger partial charge in [0.2, 0.25) is 5.91 Å². The average molecular weight is 377 g/mol. The fourth-order valence-corrected chi connectivity index (χ4v) is 2.65. The number of nitriles is 1. The van der Waals surface area contributed by atoms with Crippen LogP contribution in [0.2, 0.25) is 0 Å². The van der Waals surface area contributed by atoms with E-state index in [0.717, 1.165) is 16.5 Å². The molecule has 1 heterocycles. The van der Waals surface area contributed by atoms with Crippen molar-refractivity contribution in [3.05, 3.63) is 66.4 Å². The van der Waals surface area contributed by atoms with E-state index in [9.17, 15) is 9.59 Å². The molecule has 8 nitrogen and oxygen atoms in total. The number of hydrogen-bond acceptors (Lipinski definition) is 5. The number of carbonyl (C=O) groups excluding carboxylic acids is 2. The van der Waals surface area contributed by atoms with Crippen molar-refractivity contribution in [3.8, 4) is 6.07 Å². The molecule has 142 valence electrons.